The van der Waals surface area contributed by atoms with Gasteiger partial charge in [0.05, 0.1) is 37.5 Å². The molecule has 6 nitrogen and oxygen atoms in total. The molecule has 1 fully saturated rings. The van der Waals surface area contributed by atoms with Gasteiger partial charge in [-0.2, -0.15) is 0 Å². The Morgan fingerprint density at radius 3 is 2.48 bits per heavy atom. The van der Waals surface area contributed by atoms with E-state index in [0.717, 1.165) is 29.4 Å². The van der Waals surface area contributed by atoms with Crippen molar-refractivity contribution in [3.63, 3.8) is 0 Å². The lowest BCUT2D eigenvalue weighted by molar-refractivity contribution is -0.131. The van der Waals surface area contributed by atoms with Gasteiger partial charge in [0.15, 0.2) is 11.5 Å². The summed E-state index contributed by atoms with van der Waals surface area (Å²) in [4.78, 5) is 19.2. The van der Waals surface area contributed by atoms with E-state index in [1.807, 2.05) is 18.2 Å². The van der Waals surface area contributed by atoms with Crippen LogP contribution < -0.4 is 15.2 Å². The van der Waals surface area contributed by atoms with E-state index in [2.05, 4.69) is 0 Å². The number of pyridine rings is 1. The minimum absolute atomic E-state index is 0.0557. The molecule has 0 saturated carbocycles. The van der Waals surface area contributed by atoms with E-state index in [4.69, 9.17) is 20.2 Å². The van der Waals surface area contributed by atoms with Gasteiger partial charge in [-0.1, -0.05) is 18.2 Å². The first-order valence-electron chi connectivity index (χ1n) is 10.3. The molecule has 1 amide bonds. The molecule has 4 rings (SSSR count). The maximum absolute atomic E-state index is 13.9. The Morgan fingerprint density at radius 1 is 1.13 bits per heavy atom. The zero-order valence-electron chi connectivity index (χ0n) is 17.7. The van der Waals surface area contributed by atoms with Gasteiger partial charge >= 0.3 is 0 Å². The molecule has 2 aromatic carbocycles. The normalized spacial score (nSPS) is 14.6. The zero-order chi connectivity index (χ0) is 22.0. The van der Waals surface area contributed by atoms with Gasteiger partial charge in [-0.15, -0.1) is 0 Å². The molecule has 1 aliphatic heterocycles. The number of likely N-dealkylation sites (tertiary alicyclic amines) is 1. The van der Waals surface area contributed by atoms with Gasteiger partial charge in [0.2, 0.25) is 5.91 Å². The number of nitrogen functional groups attached to an aromatic ring is 1. The van der Waals surface area contributed by atoms with Crippen LogP contribution in [0.15, 0.2) is 42.5 Å². The number of hydrogen-bond donors (Lipinski definition) is 1. The highest BCUT2D eigenvalue weighted by Crippen LogP contribution is 2.36. The summed E-state index contributed by atoms with van der Waals surface area (Å²) >= 11 is 0. The lowest BCUT2D eigenvalue weighted by atomic mass is 9.91. The number of aromatic nitrogens is 1. The first-order chi connectivity index (χ1) is 15.0. The SMILES string of the molecule is COc1cc2cc(N)c(C3CCN(C(=O)Cc4ccccc4F)CC3)nc2cc1OC. The first kappa shape index (κ1) is 20.9. The molecule has 0 atom stereocenters. The molecule has 31 heavy (non-hydrogen) atoms. The highest BCUT2D eigenvalue weighted by molar-refractivity contribution is 5.86. The minimum Gasteiger partial charge on any atom is -0.493 e. The maximum atomic E-state index is 13.9. The molecule has 2 heterocycles. The number of halogens is 1. The number of methoxy groups -OCH3 is 2. The van der Waals surface area contributed by atoms with Gasteiger partial charge in [-0.05, 0) is 36.6 Å². The van der Waals surface area contributed by atoms with Crippen LogP contribution in [0.3, 0.4) is 0 Å². The van der Waals surface area contributed by atoms with Crippen molar-refractivity contribution in [2.75, 3.05) is 33.0 Å². The second-order valence-electron chi connectivity index (χ2n) is 7.79. The van der Waals surface area contributed by atoms with Crippen LogP contribution in [0.5, 0.6) is 11.5 Å². The molecule has 0 unspecified atom stereocenters. The molecule has 162 valence electrons. The van der Waals surface area contributed by atoms with Crippen molar-refractivity contribution in [2.24, 2.45) is 0 Å². The van der Waals surface area contributed by atoms with E-state index in [0.29, 0.717) is 35.8 Å². The molecular weight excluding hydrogens is 397 g/mol. The van der Waals surface area contributed by atoms with Gasteiger partial charge in [-0.3, -0.25) is 9.78 Å². The topological polar surface area (TPSA) is 77.7 Å². The van der Waals surface area contributed by atoms with E-state index >= 15 is 0 Å². The van der Waals surface area contributed by atoms with Crippen LogP contribution in [0.2, 0.25) is 0 Å². The third kappa shape index (κ3) is 4.26. The molecule has 7 heteroatoms. The number of carbonyl (C=O) groups is 1. The standard InChI is InChI=1S/C24H26FN3O3/c1-30-21-12-17-11-19(26)24(27-20(17)14-22(21)31-2)15-7-9-28(10-8-15)23(29)13-16-5-3-4-6-18(16)25/h3-6,11-12,14-15H,7-10,13,26H2,1-2H3. The summed E-state index contributed by atoms with van der Waals surface area (Å²) in [5.74, 6) is 1.01. The zero-order valence-corrected chi connectivity index (χ0v) is 17.7. The third-order valence-electron chi connectivity index (χ3n) is 5.91. The van der Waals surface area contributed by atoms with Crippen molar-refractivity contribution in [3.8, 4) is 11.5 Å². The monoisotopic (exact) mass is 423 g/mol. The van der Waals surface area contributed by atoms with Crippen molar-refractivity contribution < 1.29 is 18.7 Å². The Bertz CT molecular complexity index is 1110. The summed E-state index contributed by atoms with van der Waals surface area (Å²) < 4.78 is 24.6. The molecule has 3 aromatic rings. The number of benzene rings is 2. The Morgan fingerprint density at radius 2 is 1.81 bits per heavy atom. The Hall–Kier alpha value is -3.35. The molecule has 1 saturated heterocycles. The van der Waals surface area contributed by atoms with Gasteiger partial charge < -0.3 is 20.1 Å². The van der Waals surface area contributed by atoms with E-state index in [1.54, 1.807) is 37.3 Å². The number of fused-ring (bicyclic) bond motifs is 1. The van der Waals surface area contributed by atoms with E-state index in [-0.39, 0.29) is 24.1 Å². The number of carbonyl (C=O) groups excluding carboxylic acids is 1. The average molecular weight is 423 g/mol. The van der Waals surface area contributed by atoms with E-state index in [9.17, 15) is 9.18 Å². The summed E-state index contributed by atoms with van der Waals surface area (Å²) in [5.41, 5.74) is 9.04. The Kier molecular flexibility index (Phi) is 5.93. The minimum atomic E-state index is -0.342. The van der Waals surface area contributed by atoms with Gasteiger partial charge in [0, 0.05) is 30.5 Å². The summed E-state index contributed by atoms with van der Waals surface area (Å²) in [6.45, 7) is 1.20. The number of rotatable bonds is 5. The van der Waals surface area contributed by atoms with Crippen LogP contribution in [-0.4, -0.2) is 43.1 Å². The van der Waals surface area contributed by atoms with E-state index in [1.165, 1.54) is 6.07 Å². The lowest BCUT2D eigenvalue weighted by Gasteiger charge is -2.32. The summed E-state index contributed by atoms with van der Waals surface area (Å²) in [6.07, 6.45) is 1.60. The van der Waals surface area contributed by atoms with Gasteiger partial charge in [0.25, 0.3) is 0 Å². The quantitative estimate of drug-likeness (QED) is 0.673. The number of nitrogens with two attached hydrogens (primary N) is 1. The van der Waals surface area contributed by atoms with Crippen molar-refractivity contribution in [1.29, 1.82) is 0 Å². The molecule has 0 spiro atoms. The molecule has 0 bridgehead atoms. The fourth-order valence-corrected chi connectivity index (χ4v) is 4.18. The average Bonchev–Trinajstić information content (AvgIpc) is 2.79. The van der Waals surface area contributed by atoms with E-state index < -0.39 is 0 Å². The second kappa shape index (κ2) is 8.79. The number of nitrogens with zero attached hydrogens (tertiary/aromatic N) is 2. The van der Waals surface area contributed by atoms with Crippen LogP contribution >= 0.6 is 0 Å². The van der Waals surface area contributed by atoms with Crippen LogP contribution in [0.4, 0.5) is 10.1 Å². The fourth-order valence-electron chi connectivity index (χ4n) is 4.18. The highest BCUT2D eigenvalue weighted by Gasteiger charge is 2.26. The number of amides is 1. The van der Waals surface area contributed by atoms with Crippen LogP contribution in [0.25, 0.3) is 10.9 Å². The Balaban J connectivity index is 1.48. The molecule has 1 aliphatic rings. The van der Waals surface area contributed by atoms with Crippen LogP contribution in [-0.2, 0) is 11.2 Å². The van der Waals surface area contributed by atoms with Crippen LogP contribution in [0, 0.1) is 5.82 Å². The number of anilines is 1. The smallest absolute Gasteiger partial charge is 0.227 e. The lowest BCUT2D eigenvalue weighted by Crippen LogP contribution is -2.39. The molecular formula is C24H26FN3O3. The van der Waals surface area contributed by atoms with Crippen molar-refractivity contribution in [3.05, 3.63) is 59.5 Å². The molecule has 0 radical (unpaired) electrons. The summed E-state index contributed by atoms with van der Waals surface area (Å²) in [7, 11) is 3.19. The Labute approximate surface area is 180 Å². The fraction of sp³-hybridized carbons (Fsp3) is 0.333. The molecule has 1 aromatic heterocycles. The number of ether oxygens (including phenoxy) is 2. The summed E-state index contributed by atoms with van der Waals surface area (Å²) in [5, 5.41) is 0.886. The van der Waals surface area contributed by atoms with Crippen LogP contribution in [0.1, 0.15) is 30.0 Å². The van der Waals surface area contributed by atoms with Gasteiger partial charge in [-0.25, -0.2) is 4.39 Å². The van der Waals surface area contributed by atoms with Crippen molar-refractivity contribution in [2.45, 2.75) is 25.2 Å². The first-order valence-corrected chi connectivity index (χ1v) is 10.3. The van der Waals surface area contributed by atoms with Gasteiger partial charge in [0.1, 0.15) is 5.82 Å². The predicted octanol–water partition coefficient (Wildman–Crippen LogP) is 3.92. The number of piperidine rings is 1. The highest BCUT2D eigenvalue weighted by atomic mass is 19.1. The largest absolute Gasteiger partial charge is 0.493 e. The predicted molar refractivity (Wildman–Crippen MR) is 118 cm³/mol. The second-order valence-corrected chi connectivity index (χ2v) is 7.79. The molecule has 0 aliphatic carbocycles. The van der Waals surface area contributed by atoms with Crippen molar-refractivity contribution >= 4 is 22.5 Å². The number of hydrogen-bond acceptors (Lipinski definition) is 5. The van der Waals surface area contributed by atoms with Crippen molar-refractivity contribution in [1.82, 2.24) is 9.88 Å². The summed E-state index contributed by atoms with van der Waals surface area (Å²) in [6, 6.07) is 12.0. The maximum Gasteiger partial charge on any atom is 0.227 e. The third-order valence-corrected chi connectivity index (χ3v) is 5.91. The molecule has 2 N–H and O–H groups in total.